The van der Waals surface area contributed by atoms with Crippen molar-refractivity contribution in [2.75, 3.05) is 37.4 Å². The molecule has 1 aromatic carbocycles. The lowest BCUT2D eigenvalue weighted by Gasteiger charge is -2.29. The molecule has 0 radical (unpaired) electrons. The van der Waals surface area contributed by atoms with Crippen LogP contribution >= 0.6 is 11.3 Å². The van der Waals surface area contributed by atoms with Gasteiger partial charge in [-0.2, -0.15) is 0 Å². The van der Waals surface area contributed by atoms with Gasteiger partial charge in [-0.3, -0.25) is 9.59 Å². The van der Waals surface area contributed by atoms with E-state index in [1.807, 2.05) is 18.5 Å². The molecule has 3 rings (SSSR count). The van der Waals surface area contributed by atoms with Crippen LogP contribution in [0.1, 0.15) is 9.67 Å². The number of anilines is 2. The average molecular weight is 345 g/mol. The number of amides is 2. The van der Waals surface area contributed by atoms with Gasteiger partial charge in [0, 0.05) is 24.5 Å². The zero-order chi connectivity index (χ0) is 16.9. The minimum absolute atomic E-state index is 0.138. The second-order valence-corrected chi connectivity index (χ2v) is 6.57. The van der Waals surface area contributed by atoms with Crippen molar-refractivity contribution < 1.29 is 14.3 Å². The van der Waals surface area contributed by atoms with Crippen LogP contribution < -0.4 is 10.6 Å². The van der Waals surface area contributed by atoms with E-state index in [9.17, 15) is 9.59 Å². The highest BCUT2D eigenvalue weighted by Crippen LogP contribution is 2.17. The van der Waals surface area contributed by atoms with Gasteiger partial charge < -0.3 is 20.3 Å². The van der Waals surface area contributed by atoms with Crippen molar-refractivity contribution in [1.29, 1.82) is 0 Å². The summed E-state index contributed by atoms with van der Waals surface area (Å²) < 4.78 is 5.49. The maximum atomic E-state index is 12.2. The van der Waals surface area contributed by atoms with Crippen LogP contribution in [0.15, 0.2) is 41.8 Å². The summed E-state index contributed by atoms with van der Waals surface area (Å²) in [6, 6.07) is 10.6. The molecule has 1 saturated heterocycles. The number of likely N-dealkylation sites (N-methyl/N-ethyl adjacent to an activating group) is 1. The van der Waals surface area contributed by atoms with Crippen LogP contribution in [0.2, 0.25) is 0 Å². The number of ether oxygens (including phenoxy) is 1. The summed E-state index contributed by atoms with van der Waals surface area (Å²) in [5, 5.41) is 7.52. The number of rotatable bonds is 4. The Hall–Kier alpha value is -2.22. The number of carbonyl (C=O) groups is 2. The lowest BCUT2D eigenvalue weighted by atomic mass is 10.2. The van der Waals surface area contributed by atoms with Gasteiger partial charge in [0.05, 0.1) is 11.5 Å². The number of nitrogens with zero attached hydrogens (tertiary/aromatic N) is 1. The summed E-state index contributed by atoms with van der Waals surface area (Å²) in [6.07, 6.45) is -0.457. The van der Waals surface area contributed by atoms with Gasteiger partial charge >= 0.3 is 0 Å². The van der Waals surface area contributed by atoms with Crippen LogP contribution in [-0.4, -0.2) is 49.6 Å². The minimum atomic E-state index is -0.457. The van der Waals surface area contributed by atoms with Gasteiger partial charge in [-0.1, -0.05) is 6.07 Å². The first-order valence-electron chi connectivity index (χ1n) is 7.68. The molecule has 7 heteroatoms. The molecule has 0 spiro atoms. The predicted octanol–water partition coefficient (Wildman–Crippen LogP) is 2.27. The molecule has 1 atom stereocenters. The Morgan fingerprint density at radius 2 is 1.88 bits per heavy atom. The van der Waals surface area contributed by atoms with E-state index in [-0.39, 0.29) is 11.8 Å². The monoisotopic (exact) mass is 345 g/mol. The Bertz CT molecular complexity index is 700. The highest BCUT2D eigenvalue weighted by Gasteiger charge is 2.24. The molecule has 2 aromatic rings. The quantitative estimate of drug-likeness (QED) is 0.892. The Morgan fingerprint density at radius 1 is 1.17 bits per heavy atom. The van der Waals surface area contributed by atoms with Crippen molar-refractivity contribution in [1.82, 2.24) is 4.90 Å². The molecule has 6 nitrogen and oxygen atoms in total. The normalized spacial score (nSPS) is 18.1. The van der Waals surface area contributed by atoms with E-state index in [0.29, 0.717) is 29.4 Å². The molecular weight excluding hydrogens is 326 g/mol. The SMILES string of the molecule is CN1CCOC(C(=O)Nc2ccc(NC(=O)c3cccs3)cc2)C1. The smallest absolute Gasteiger partial charge is 0.265 e. The van der Waals surface area contributed by atoms with E-state index in [1.165, 1.54) is 11.3 Å². The molecule has 2 heterocycles. The number of benzene rings is 1. The fourth-order valence-corrected chi connectivity index (χ4v) is 3.02. The fraction of sp³-hybridized carbons (Fsp3) is 0.294. The van der Waals surface area contributed by atoms with E-state index in [4.69, 9.17) is 4.74 Å². The van der Waals surface area contributed by atoms with Gasteiger partial charge in [0.25, 0.3) is 11.8 Å². The Labute approximate surface area is 144 Å². The molecule has 1 fully saturated rings. The molecule has 24 heavy (non-hydrogen) atoms. The third-order valence-corrected chi connectivity index (χ3v) is 4.59. The molecule has 0 bridgehead atoms. The topological polar surface area (TPSA) is 70.7 Å². The van der Waals surface area contributed by atoms with Crippen molar-refractivity contribution in [3.05, 3.63) is 46.7 Å². The summed E-state index contributed by atoms with van der Waals surface area (Å²) in [5.74, 6) is -0.294. The Morgan fingerprint density at radius 3 is 2.50 bits per heavy atom. The maximum Gasteiger partial charge on any atom is 0.265 e. The van der Waals surface area contributed by atoms with Gasteiger partial charge in [-0.25, -0.2) is 0 Å². The third kappa shape index (κ3) is 4.19. The van der Waals surface area contributed by atoms with Gasteiger partial charge in [-0.05, 0) is 42.8 Å². The predicted molar refractivity (Wildman–Crippen MR) is 94.6 cm³/mol. The molecule has 126 valence electrons. The molecule has 1 aliphatic rings. The molecule has 0 saturated carbocycles. The largest absolute Gasteiger partial charge is 0.366 e. The molecule has 0 aliphatic carbocycles. The van der Waals surface area contributed by atoms with E-state index in [2.05, 4.69) is 15.5 Å². The van der Waals surface area contributed by atoms with Gasteiger partial charge in [0.1, 0.15) is 6.10 Å². The summed E-state index contributed by atoms with van der Waals surface area (Å²) in [5.41, 5.74) is 1.35. The standard InChI is InChI=1S/C17H19N3O3S/c1-20-8-9-23-14(11-20)16(21)18-12-4-6-13(7-5-12)19-17(22)15-3-2-10-24-15/h2-7,10,14H,8-9,11H2,1H3,(H,18,21)(H,19,22). The first kappa shape index (κ1) is 16.6. The molecule has 2 amide bonds. The first-order valence-corrected chi connectivity index (χ1v) is 8.56. The average Bonchev–Trinajstić information content (AvgIpc) is 3.11. The molecule has 1 unspecified atom stereocenters. The Balaban J connectivity index is 1.56. The second-order valence-electron chi connectivity index (χ2n) is 5.62. The first-order chi connectivity index (χ1) is 11.6. The van der Waals surface area contributed by atoms with Crippen LogP contribution in [0, 0.1) is 0 Å². The van der Waals surface area contributed by atoms with E-state index >= 15 is 0 Å². The third-order valence-electron chi connectivity index (χ3n) is 3.72. The molecule has 2 N–H and O–H groups in total. The van der Waals surface area contributed by atoms with Gasteiger partial charge in [0.2, 0.25) is 0 Å². The highest BCUT2D eigenvalue weighted by molar-refractivity contribution is 7.12. The zero-order valence-corrected chi connectivity index (χ0v) is 14.1. The van der Waals surface area contributed by atoms with Crippen LogP contribution in [0.25, 0.3) is 0 Å². The fourth-order valence-electron chi connectivity index (χ4n) is 2.40. The number of thiophene rings is 1. The molecule has 1 aromatic heterocycles. The molecular formula is C17H19N3O3S. The van der Waals surface area contributed by atoms with Crippen molar-refractivity contribution in [3.63, 3.8) is 0 Å². The summed E-state index contributed by atoms with van der Waals surface area (Å²) in [7, 11) is 1.97. The Kier molecular flexibility index (Phi) is 5.24. The van der Waals surface area contributed by atoms with Crippen molar-refractivity contribution in [2.45, 2.75) is 6.10 Å². The van der Waals surface area contributed by atoms with E-state index in [1.54, 1.807) is 30.3 Å². The second kappa shape index (κ2) is 7.57. The van der Waals surface area contributed by atoms with Crippen molar-refractivity contribution in [3.8, 4) is 0 Å². The van der Waals surface area contributed by atoms with E-state index in [0.717, 1.165) is 6.54 Å². The lowest BCUT2D eigenvalue weighted by molar-refractivity contribution is -0.132. The maximum absolute atomic E-state index is 12.2. The minimum Gasteiger partial charge on any atom is -0.366 e. The summed E-state index contributed by atoms with van der Waals surface area (Å²) in [6.45, 7) is 1.98. The molecule has 1 aliphatic heterocycles. The number of hydrogen-bond acceptors (Lipinski definition) is 5. The van der Waals surface area contributed by atoms with Gasteiger partial charge in [-0.15, -0.1) is 11.3 Å². The summed E-state index contributed by atoms with van der Waals surface area (Å²) in [4.78, 5) is 26.9. The van der Waals surface area contributed by atoms with E-state index < -0.39 is 6.10 Å². The van der Waals surface area contributed by atoms with Gasteiger partial charge in [0.15, 0.2) is 0 Å². The van der Waals surface area contributed by atoms with Crippen LogP contribution in [0.4, 0.5) is 11.4 Å². The van der Waals surface area contributed by atoms with Crippen molar-refractivity contribution >= 4 is 34.5 Å². The van der Waals surface area contributed by atoms with Crippen LogP contribution in [0.5, 0.6) is 0 Å². The number of carbonyl (C=O) groups excluding carboxylic acids is 2. The highest BCUT2D eigenvalue weighted by atomic mass is 32.1. The van der Waals surface area contributed by atoms with Crippen LogP contribution in [0.3, 0.4) is 0 Å². The van der Waals surface area contributed by atoms with Crippen LogP contribution in [-0.2, 0) is 9.53 Å². The number of morpholine rings is 1. The van der Waals surface area contributed by atoms with Crippen molar-refractivity contribution in [2.24, 2.45) is 0 Å². The zero-order valence-electron chi connectivity index (χ0n) is 13.3. The number of nitrogens with one attached hydrogen (secondary N) is 2. The number of hydrogen-bond donors (Lipinski definition) is 2. The lowest BCUT2D eigenvalue weighted by Crippen LogP contribution is -2.46. The summed E-state index contributed by atoms with van der Waals surface area (Å²) >= 11 is 1.39.